The summed E-state index contributed by atoms with van der Waals surface area (Å²) in [5, 5.41) is 1.41. The molecule has 0 heterocycles. The number of unbranched alkanes of at least 4 members (excludes halogenated alkanes) is 3. The van der Waals surface area contributed by atoms with E-state index in [1.807, 2.05) is 19.1 Å². The van der Waals surface area contributed by atoms with E-state index in [0.717, 1.165) is 22.0 Å². The Hall–Kier alpha value is -0.360. The second-order valence-corrected chi connectivity index (χ2v) is 7.92. The molecule has 0 N–H and O–H groups in total. The van der Waals surface area contributed by atoms with E-state index in [-0.39, 0.29) is 0 Å². The third kappa shape index (κ3) is 6.08. The Morgan fingerprint density at radius 2 is 1.79 bits per heavy atom. The second-order valence-electron chi connectivity index (χ2n) is 4.73. The van der Waals surface area contributed by atoms with Gasteiger partial charge in [-0.25, -0.2) is 8.42 Å². The molecular formula is C15H21IO2S. The Balaban J connectivity index is 2.69. The Bertz CT molecular complexity index is 516. The van der Waals surface area contributed by atoms with Gasteiger partial charge in [-0.05, 0) is 54.5 Å². The van der Waals surface area contributed by atoms with Gasteiger partial charge in [-0.2, -0.15) is 0 Å². The van der Waals surface area contributed by atoms with Crippen LogP contribution < -0.4 is 0 Å². The van der Waals surface area contributed by atoms with Crippen LogP contribution in [0, 0.1) is 6.92 Å². The van der Waals surface area contributed by atoms with Gasteiger partial charge in [0.15, 0.2) is 0 Å². The number of hydrogen-bond donors (Lipinski definition) is 0. The molecule has 0 bridgehead atoms. The zero-order valence-corrected chi connectivity index (χ0v) is 14.5. The zero-order valence-electron chi connectivity index (χ0n) is 11.5. The van der Waals surface area contributed by atoms with Crippen molar-refractivity contribution in [2.45, 2.75) is 50.8 Å². The third-order valence-electron chi connectivity index (χ3n) is 2.90. The van der Waals surface area contributed by atoms with E-state index in [1.165, 1.54) is 24.7 Å². The van der Waals surface area contributed by atoms with Crippen LogP contribution in [-0.2, 0) is 9.84 Å². The maximum Gasteiger partial charge on any atom is 0.200 e. The lowest BCUT2D eigenvalue weighted by atomic mass is 10.2. The molecule has 0 amide bonds. The van der Waals surface area contributed by atoms with Gasteiger partial charge in [-0.1, -0.05) is 43.9 Å². The average Bonchev–Trinajstić information content (AvgIpc) is 2.34. The first-order chi connectivity index (χ1) is 8.95. The Labute approximate surface area is 130 Å². The number of rotatable bonds is 7. The highest BCUT2D eigenvalue weighted by Crippen LogP contribution is 2.21. The van der Waals surface area contributed by atoms with E-state index in [4.69, 9.17) is 0 Å². The average molecular weight is 392 g/mol. The van der Waals surface area contributed by atoms with Crippen LogP contribution >= 0.6 is 22.6 Å². The molecular weight excluding hydrogens is 371 g/mol. The lowest BCUT2D eigenvalue weighted by molar-refractivity contribution is 0.604. The lowest BCUT2D eigenvalue weighted by Gasteiger charge is -2.03. The van der Waals surface area contributed by atoms with Crippen LogP contribution in [0.15, 0.2) is 38.1 Å². The second kappa shape index (κ2) is 8.04. The summed E-state index contributed by atoms with van der Waals surface area (Å²) >= 11 is 2.13. The largest absolute Gasteiger partial charge is 0.219 e. The Morgan fingerprint density at radius 1 is 1.16 bits per heavy atom. The van der Waals surface area contributed by atoms with Gasteiger partial charge in [-0.15, -0.1) is 0 Å². The highest BCUT2D eigenvalue weighted by molar-refractivity contribution is 14.1. The number of hydrogen-bond acceptors (Lipinski definition) is 2. The zero-order chi connectivity index (χ0) is 14.3. The van der Waals surface area contributed by atoms with Crippen LogP contribution in [0.2, 0.25) is 0 Å². The highest BCUT2D eigenvalue weighted by Gasteiger charge is 2.11. The van der Waals surface area contributed by atoms with Gasteiger partial charge in [-0.3, -0.25) is 0 Å². The summed E-state index contributed by atoms with van der Waals surface area (Å²) in [5.74, 6) is 0. The van der Waals surface area contributed by atoms with Gasteiger partial charge in [0.05, 0.1) is 4.90 Å². The van der Waals surface area contributed by atoms with Crippen molar-refractivity contribution in [1.82, 2.24) is 0 Å². The minimum atomic E-state index is -3.29. The minimum absolute atomic E-state index is 0.376. The molecule has 1 rings (SSSR count). The molecule has 0 saturated carbocycles. The van der Waals surface area contributed by atoms with E-state index in [0.29, 0.717) is 4.90 Å². The van der Waals surface area contributed by atoms with Gasteiger partial charge in [0, 0.05) is 8.99 Å². The van der Waals surface area contributed by atoms with Crippen molar-refractivity contribution in [2.75, 3.05) is 0 Å². The summed E-state index contributed by atoms with van der Waals surface area (Å²) in [6.07, 6.45) is 5.50. The lowest BCUT2D eigenvalue weighted by Crippen LogP contribution is -1.97. The standard InChI is InChI=1S/C15H21IO2S/c1-3-4-5-6-7-14(16)12-19(17,18)15-10-8-13(2)9-11-15/h8-12H,3-7H2,1-2H3/b14-12-. The van der Waals surface area contributed by atoms with Gasteiger partial charge in [0.25, 0.3) is 0 Å². The molecule has 0 aliphatic rings. The Morgan fingerprint density at radius 3 is 2.37 bits per heavy atom. The number of halogens is 1. The fourth-order valence-corrected chi connectivity index (χ4v) is 4.24. The molecule has 1 aromatic rings. The maximum absolute atomic E-state index is 12.2. The van der Waals surface area contributed by atoms with Gasteiger partial charge in [0.2, 0.25) is 9.84 Å². The van der Waals surface area contributed by atoms with E-state index >= 15 is 0 Å². The highest BCUT2D eigenvalue weighted by atomic mass is 127. The van der Waals surface area contributed by atoms with Crippen molar-refractivity contribution >= 4 is 32.4 Å². The number of allylic oxidation sites excluding steroid dienone is 1. The molecule has 0 saturated heterocycles. The summed E-state index contributed by atoms with van der Waals surface area (Å²) < 4.78 is 25.2. The summed E-state index contributed by atoms with van der Waals surface area (Å²) in [6, 6.07) is 6.99. The molecule has 0 aliphatic carbocycles. The summed E-state index contributed by atoms with van der Waals surface area (Å²) in [6.45, 7) is 4.12. The fourth-order valence-electron chi connectivity index (χ4n) is 1.74. The van der Waals surface area contributed by atoms with Crippen molar-refractivity contribution in [3.8, 4) is 0 Å². The molecule has 106 valence electrons. The number of benzene rings is 1. The predicted molar refractivity (Wildman–Crippen MR) is 89.2 cm³/mol. The van der Waals surface area contributed by atoms with Crippen molar-refractivity contribution in [3.63, 3.8) is 0 Å². The quantitative estimate of drug-likeness (QED) is 0.483. The fraction of sp³-hybridized carbons (Fsp3) is 0.467. The van der Waals surface area contributed by atoms with Crippen molar-refractivity contribution in [1.29, 1.82) is 0 Å². The molecule has 0 unspecified atom stereocenters. The predicted octanol–water partition coefficient (Wildman–Crippen LogP) is 5.02. The van der Waals surface area contributed by atoms with Crippen molar-refractivity contribution in [2.24, 2.45) is 0 Å². The molecule has 1 aromatic carbocycles. The molecule has 0 spiro atoms. The molecule has 0 aliphatic heterocycles. The van der Waals surface area contributed by atoms with Crippen LogP contribution in [0.1, 0.15) is 44.6 Å². The molecule has 0 atom stereocenters. The number of sulfone groups is 1. The summed E-state index contributed by atoms with van der Waals surface area (Å²) in [4.78, 5) is 0.376. The van der Waals surface area contributed by atoms with Gasteiger partial charge < -0.3 is 0 Å². The SMILES string of the molecule is CCCCCC/C(I)=C/S(=O)(=O)c1ccc(C)cc1. The minimum Gasteiger partial charge on any atom is -0.219 e. The first kappa shape index (κ1) is 16.7. The smallest absolute Gasteiger partial charge is 0.200 e. The molecule has 0 fully saturated rings. The molecule has 19 heavy (non-hydrogen) atoms. The van der Waals surface area contributed by atoms with E-state index in [9.17, 15) is 8.42 Å². The van der Waals surface area contributed by atoms with Crippen LogP contribution in [0.5, 0.6) is 0 Å². The topological polar surface area (TPSA) is 34.1 Å². The molecule has 0 aromatic heterocycles. The van der Waals surface area contributed by atoms with Crippen LogP contribution in [0.25, 0.3) is 0 Å². The summed E-state index contributed by atoms with van der Waals surface area (Å²) in [7, 11) is -3.29. The van der Waals surface area contributed by atoms with Gasteiger partial charge in [0.1, 0.15) is 0 Å². The van der Waals surface area contributed by atoms with E-state index < -0.39 is 9.84 Å². The Kier molecular flexibility index (Phi) is 7.07. The normalized spacial score (nSPS) is 12.7. The van der Waals surface area contributed by atoms with E-state index in [1.54, 1.807) is 12.1 Å². The van der Waals surface area contributed by atoms with Crippen LogP contribution in [0.3, 0.4) is 0 Å². The van der Waals surface area contributed by atoms with Crippen LogP contribution in [0.4, 0.5) is 0 Å². The van der Waals surface area contributed by atoms with Crippen molar-refractivity contribution in [3.05, 3.63) is 38.8 Å². The maximum atomic E-state index is 12.2. The third-order valence-corrected chi connectivity index (χ3v) is 5.70. The molecule has 0 radical (unpaired) electrons. The monoisotopic (exact) mass is 392 g/mol. The number of aryl methyl sites for hydroxylation is 1. The molecule has 4 heteroatoms. The molecule has 2 nitrogen and oxygen atoms in total. The summed E-state index contributed by atoms with van der Waals surface area (Å²) in [5.41, 5.74) is 1.07. The van der Waals surface area contributed by atoms with Crippen LogP contribution in [-0.4, -0.2) is 8.42 Å². The van der Waals surface area contributed by atoms with Crippen molar-refractivity contribution < 1.29 is 8.42 Å². The van der Waals surface area contributed by atoms with Gasteiger partial charge >= 0.3 is 0 Å². The van der Waals surface area contributed by atoms with E-state index in [2.05, 4.69) is 29.5 Å². The first-order valence-corrected chi connectivity index (χ1v) is 9.26. The first-order valence-electron chi connectivity index (χ1n) is 6.63.